The maximum absolute atomic E-state index is 12.9. The van der Waals surface area contributed by atoms with Crippen molar-refractivity contribution >= 4 is 29.9 Å². The first-order chi connectivity index (χ1) is 13.0. The number of hydrogen-bond donors (Lipinski definition) is 2. The Labute approximate surface area is 184 Å². The third-order valence-corrected chi connectivity index (χ3v) is 3.94. The number of guanidine groups is 1. The highest BCUT2D eigenvalue weighted by molar-refractivity contribution is 14.0. The van der Waals surface area contributed by atoms with Crippen LogP contribution in [0.4, 0.5) is 4.39 Å². The number of benzene rings is 1. The van der Waals surface area contributed by atoms with E-state index >= 15 is 0 Å². The number of aromatic nitrogens is 2. The van der Waals surface area contributed by atoms with Gasteiger partial charge in [0.05, 0.1) is 12.2 Å². The number of halogens is 2. The van der Waals surface area contributed by atoms with E-state index in [1.165, 1.54) is 17.8 Å². The normalized spacial score (nSPS) is 12.2. The SMILES string of the molecule is CCNC(=NCC(C)Oc1ccc(F)cc1)NCCCn1nc(C)cc1C.I. The van der Waals surface area contributed by atoms with Crippen molar-refractivity contribution in [3.05, 3.63) is 47.5 Å². The highest BCUT2D eigenvalue weighted by atomic mass is 127. The molecule has 1 aromatic carbocycles. The lowest BCUT2D eigenvalue weighted by Crippen LogP contribution is -2.38. The quantitative estimate of drug-likeness (QED) is 0.237. The van der Waals surface area contributed by atoms with Crippen molar-refractivity contribution in [3.8, 4) is 5.75 Å². The van der Waals surface area contributed by atoms with Crippen molar-refractivity contribution in [2.45, 2.75) is 46.8 Å². The Morgan fingerprint density at radius 3 is 2.57 bits per heavy atom. The predicted octanol–water partition coefficient (Wildman–Crippen LogP) is 3.67. The number of rotatable bonds is 9. The van der Waals surface area contributed by atoms with Crippen LogP contribution in [0, 0.1) is 19.7 Å². The monoisotopic (exact) mass is 503 g/mol. The Bertz CT molecular complexity index is 733. The second kappa shape index (κ2) is 12.6. The number of aliphatic imine (C=N–C) groups is 1. The van der Waals surface area contributed by atoms with Crippen LogP contribution < -0.4 is 15.4 Å². The van der Waals surface area contributed by atoms with E-state index in [0.29, 0.717) is 12.3 Å². The van der Waals surface area contributed by atoms with Gasteiger partial charge in [0, 0.05) is 25.3 Å². The number of aryl methyl sites for hydroxylation is 3. The van der Waals surface area contributed by atoms with Gasteiger partial charge in [-0.05, 0) is 64.4 Å². The Morgan fingerprint density at radius 2 is 1.96 bits per heavy atom. The molecule has 0 aliphatic rings. The summed E-state index contributed by atoms with van der Waals surface area (Å²) < 4.78 is 20.7. The first kappa shape index (κ1) is 24.2. The van der Waals surface area contributed by atoms with E-state index in [1.807, 2.05) is 25.5 Å². The van der Waals surface area contributed by atoms with E-state index in [4.69, 9.17) is 4.74 Å². The zero-order valence-electron chi connectivity index (χ0n) is 17.0. The third kappa shape index (κ3) is 8.45. The molecule has 0 saturated carbocycles. The van der Waals surface area contributed by atoms with Crippen molar-refractivity contribution in [3.63, 3.8) is 0 Å². The molecule has 0 fully saturated rings. The molecule has 1 heterocycles. The predicted molar refractivity (Wildman–Crippen MR) is 122 cm³/mol. The fraction of sp³-hybridized carbons (Fsp3) is 0.500. The van der Waals surface area contributed by atoms with E-state index in [2.05, 4.69) is 33.7 Å². The highest BCUT2D eigenvalue weighted by Crippen LogP contribution is 2.13. The number of nitrogens with one attached hydrogen (secondary N) is 2. The van der Waals surface area contributed by atoms with Gasteiger partial charge in [-0.2, -0.15) is 5.10 Å². The molecule has 0 amide bonds. The molecule has 0 spiro atoms. The van der Waals surface area contributed by atoms with Crippen molar-refractivity contribution < 1.29 is 9.13 Å². The first-order valence-corrected chi connectivity index (χ1v) is 9.43. The summed E-state index contributed by atoms with van der Waals surface area (Å²) in [6.07, 6.45) is 0.842. The summed E-state index contributed by atoms with van der Waals surface area (Å²) in [5.74, 6) is 1.13. The molecule has 1 aromatic heterocycles. The fourth-order valence-corrected chi connectivity index (χ4v) is 2.68. The second-order valence-electron chi connectivity index (χ2n) is 6.53. The van der Waals surface area contributed by atoms with Crippen LogP contribution in [-0.4, -0.2) is 41.5 Å². The van der Waals surface area contributed by atoms with Gasteiger partial charge in [0.25, 0.3) is 0 Å². The van der Waals surface area contributed by atoms with Crippen LogP contribution in [0.15, 0.2) is 35.3 Å². The lowest BCUT2D eigenvalue weighted by atomic mass is 10.3. The van der Waals surface area contributed by atoms with E-state index in [1.54, 1.807) is 12.1 Å². The average Bonchev–Trinajstić information content (AvgIpc) is 2.95. The van der Waals surface area contributed by atoms with E-state index in [-0.39, 0.29) is 35.9 Å². The Morgan fingerprint density at radius 1 is 1.25 bits per heavy atom. The number of hydrogen-bond acceptors (Lipinski definition) is 3. The van der Waals surface area contributed by atoms with Gasteiger partial charge < -0.3 is 15.4 Å². The zero-order chi connectivity index (χ0) is 19.6. The topological polar surface area (TPSA) is 63.5 Å². The van der Waals surface area contributed by atoms with Gasteiger partial charge in [0.15, 0.2) is 5.96 Å². The molecule has 28 heavy (non-hydrogen) atoms. The molecule has 0 aliphatic heterocycles. The first-order valence-electron chi connectivity index (χ1n) is 9.43. The van der Waals surface area contributed by atoms with Crippen LogP contribution in [-0.2, 0) is 6.54 Å². The van der Waals surface area contributed by atoms with Gasteiger partial charge in [0.1, 0.15) is 17.7 Å². The Balaban J connectivity index is 0.00000392. The lowest BCUT2D eigenvalue weighted by molar-refractivity contribution is 0.230. The number of nitrogens with zero attached hydrogens (tertiary/aromatic N) is 3. The molecule has 156 valence electrons. The zero-order valence-corrected chi connectivity index (χ0v) is 19.4. The maximum atomic E-state index is 12.9. The summed E-state index contributed by atoms with van der Waals surface area (Å²) in [6, 6.07) is 8.11. The largest absolute Gasteiger partial charge is 0.489 e. The molecule has 1 atom stereocenters. The molecule has 2 rings (SSSR count). The summed E-state index contributed by atoms with van der Waals surface area (Å²) in [7, 11) is 0. The summed E-state index contributed by atoms with van der Waals surface area (Å²) in [5, 5.41) is 11.0. The molecule has 0 bridgehead atoms. The minimum atomic E-state index is -0.271. The van der Waals surface area contributed by atoms with E-state index < -0.39 is 0 Å². The van der Waals surface area contributed by atoms with E-state index in [0.717, 1.165) is 37.7 Å². The van der Waals surface area contributed by atoms with Gasteiger partial charge in [-0.15, -0.1) is 24.0 Å². The van der Waals surface area contributed by atoms with Gasteiger partial charge >= 0.3 is 0 Å². The molecule has 8 heteroatoms. The summed E-state index contributed by atoms with van der Waals surface area (Å²) in [6.45, 7) is 11.0. The molecule has 6 nitrogen and oxygen atoms in total. The van der Waals surface area contributed by atoms with Crippen LogP contribution in [0.5, 0.6) is 5.75 Å². The average molecular weight is 503 g/mol. The smallest absolute Gasteiger partial charge is 0.191 e. The molecule has 1 unspecified atom stereocenters. The molecule has 0 radical (unpaired) electrons. The van der Waals surface area contributed by atoms with Crippen molar-refractivity contribution in [1.29, 1.82) is 0 Å². The Hall–Kier alpha value is -1.84. The van der Waals surface area contributed by atoms with Gasteiger partial charge in [-0.25, -0.2) is 9.38 Å². The Kier molecular flexibility index (Phi) is 10.9. The minimum Gasteiger partial charge on any atom is -0.489 e. The van der Waals surface area contributed by atoms with Gasteiger partial charge in [-0.1, -0.05) is 0 Å². The van der Waals surface area contributed by atoms with E-state index in [9.17, 15) is 4.39 Å². The van der Waals surface area contributed by atoms with Crippen LogP contribution in [0.25, 0.3) is 0 Å². The molecule has 2 aromatic rings. The van der Waals surface area contributed by atoms with Crippen LogP contribution in [0.3, 0.4) is 0 Å². The third-order valence-electron chi connectivity index (χ3n) is 3.94. The molecular formula is C20H31FIN5O. The molecule has 2 N–H and O–H groups in total. The van der Waals surface area contributed by atoms with Crippen molar-refractivity contribution in [2.24, 2.45) is 4.99 Å². The molecule has 0 saturated heterocycles. The maximum Gasteiger partial charge on any atom is 0.191 e. The summed E-state index contributed by atoms with van der Waals surface area (Å²) >= 11 is 0. The van der Waals surface area contributed by atoms with Crippen LogP contribution in [0.1, 0.15) is 31.7 Å². The lowest BCUT2D eigenvalue weighted by Gasteiger charge is -2.15. The summed E-state index contributed by atoms with van der Waals surface area (Å²) in [4.78, 5) is 4.57. The summed E-state index contributed by atoms with van der Waals surface area (Å²) in [5.41, 5.74) is 2.23. The minimum absolute atomic E-state index is 0. The number of ether oxygens (including phenoxy) is 1. The van der Waals surface area contributed by atoms with Crippen LogP contribution >= 0.6 is 24.0 Å². The molecule has 0 aliphatic carbocycles. The highest BCUT2D eigenvalue weighted by Gasteiger charge is 2.05. The molecular weight excluding hydrogens is 472 g/mol. The van der Waals surface area contributed by atoms with Crippen molar-refractivity contribution in [1.82, 2.24) is 20.4 Å². The van der Waals surface area contributed by atoms with Gasteiger partial charge in [0.2, 0.25) is 0 Å². The van der Waals surface area contributed by atoms with Crippen molar-refractivity contribution in [2.75, 3.05) is 19.6 Å². The standard InChI is InChI=1S/C20H30FN5O.HI/c1-5-22-20(23-11-6-12-26-16(3)13-15(2)25-26)24-14-17(4)27-19-9-7-18(21)8-10-19;/h7-10,13,17H,5-6,11-12,14H2,1-4H3,(H2,22,23,24);1H. The fourth-order valence-electron chi connectivity index (χ4n) is 2.68. The second-order valence-corrected chi connectivity index (χ2v) is 6.53. The van der Waals surface area contributed by atoms with Crippen LogP contribution in [0.2, 0.25) is 0 Å². The van der Waals surface area contributed by atoms with Gasteiger partial charge in [-0.3, -0.25) is 4.68 Å².